The average Bonchev–Trinajstić information content (AvgIpc) is 3.25. The first kappa shape index (κ1) is 17.0. The second-order valence-corrected chi connectivity index (χ2v) is 6.55. The fourth-order valence-corrected chi connectivity index (χ4v) is 3.24. The topological polar surface area (TPSA) is 51.9 Å². The molecule has 6 heteroatoms. The minimum atomic E-state index is -0.0779. The third-order valence-corrected chi connectivity index (χ3v) is 4.52. The summed E-state index contributed by atoms with van der Waals surface area (Å²) in [7, 11) is 1.64. The summed E-state index contributed by atoms with van der Waals surface area (Å²) in [5.74, 6) is 0.696. The molecule has 1 fully saturated rings. The van der Waals surface area contributed by atoms with E-state index in [2.05, 4.69) is 15.9 Å². The van der Waals surface area contributed by atoms with Crippen molar-refractivity contribution in [3.63, 3.8) is 0 Å². The highest BCUT2D eigenvalue weighted by atomic mass is 79.9. The zero-order valence-corrected chi connectivity index (χ0v) is 15.1. The van der Waals surface area contributed by atoms with Gasteiger partial charge in [-0.15, -0.1) is 0 Å². The molecule has 128 valence electrons. The molecule has 1 aliphatic rings. The molecular weight excluding hydrogens is 374 g/mol. The predicted octanol–water partition coefficient (Wildman–Crippen LogP) is 3.87. The van der Waals surface area contributed by atoms with E-state index in [0.29, 0.717) is 23.3 Å². The number of ether oxygens (including phenoxy) is 2. The number of para-hydroxylation sites is 1. The average molecular weight is 394 g/mol. The molecule has 1 aromatic carbocycles. The molecule has 1 aliphatic heterocycles. The molecule has 2 heterocycles. The number of halogens is 1. The molecule has 0 spiro atoms. The number of hydrogen-bond donors (Lipinski definition) is 0. The molecule has 0 bridgehead atoms. The van der Waals surface area contributed by atoms with Gasteiger partial charge in [0.15, 0.2) is 4.67 Å². The maximum atomic E-state index is 12.9. The van der Waals surface area contributed by atoms with E-state index in [0.717, 1.165) is 30.8 Å². The number of benzene rings is 1. The van der Waals surface area contributed by atoms with Crippen LogP contribution in [-0.2, 0) is 11.3 Å². The van der Waals surface area contributed by atoms with Crippen molar-refractivity contribution in [1.82, 2.24) is 4.90 Å². The normalized spacial score (nSPS) is 17.0. The van der Waals surface area contributed by atoms with Crippen molar-refractivity contribution in [2.24, 2.45) is 0 Å². The van der Waals surface area contributed by atoms with Gasteiger partial charge in [-0.25, -0.2) is 0 Å². The minimum Gasteiger partial charge on any atom is -0.496 e. The van der Waals surface area contributed by atoms with Gasteiger partial charge in [-0.2, -0.15) is 0 Å². The number of hydrogen-bond acceptors (Lipinski definition) is 4. The van der Waals surface area contributed by atoms with E-state index in [1.54, 1.807) is 18.1 Å². The van der Waals surface area contributed by atoms with Crippen LogP contribution in [0.25, 0.3) is 0 Å². The summed E-state index contributed by atoms with van der Waals surface area (Å²) in [5.41, 5.74) is 1.49. The van der Waals surface area contributed by atoms with E-state index >= 15 is 0 Å². The highest BCUT2D eigenvalue weighted by molar-refractivity contribution is 9.10. The van der Waals surface area contributed by atoms with Crippen molar-refractivity contribution in [3.8, 4) is 5.75 Å². The molecule has 0 radical (unpaired) electrons. The third-order valence-electron chi connectivity index (χ3n) is 4.10. The molecule has 0 saturated carbocycles. The van der Waals surface area contributed by atoms with Crippen LogP contribution < -0.4 is 4.74 Å². The van der Waals surface area contributed by atoms with Crippen LogP contribution in [0.1, 0.15) is 28.8 Å². The summed E-state index contributed by atoms with van der Waals surface area (Å²) in [4.78, 5) is 14.7. The summed E-state index contributed by atoms with van der Waals surface area (Å²) in [6, 6.07) is 9.42. The SMILES string of the molecule is COc1ccccc1CN(CC1CCCO1)C(=O)c1coc(Br)c1. The second-order valence-electron chi connectivity index (χ2n) is 5.77. The van der Waals surface area contributed by atoms with Crippen LogP contribution in [0.3, 0.4) is 0 Å². The Morgan fingerprint density at radius 3 is 2.92 bits per heavy atom. The maximum absolute atomic E-state index is 12.9. The highest BCUT2D eigenvalue weighted by Crippen LogP contribution is 2.23. The number of carbonyl (C=O) groups is 1. The number of methoxy groups -OCH3 is 1. The zero-order valence-electron chi connectivity index (χ0n) is 13.5. The molecule has 2 aromatic rings. The van der Waals surface area contributed by atoms with Gasteiger partial charge < -0.3 is 18.8 Å². The van der Waals surface area contributed by atoms with Crippen molar-refractivity contribution in [2.45, 2.75) is 25.5 Å². The van der Waals surface area contributed by atoms with Gasteiger partial charge in [-0.3, -0.25) is 4.79 Å². The molecule has 1 aromatic heterocycles. The predicted molar refractivity (Wildman–Crippen MR) is 93.1 cm³/mol. The maximum Gasteiger partial charge on any atom is 0.257 e. The Morgan fingerprint density at radius 1 is 1.42 bits per heavy atom. The lowest BCUT2D eigenvalue weighted by molar-refractivity contribution is 0.0505. The van der Waals surface area contributed by atoms with Crippen LogP contribution in [0, 0.1) is 0 Å². The Hall–Kier alpha value is -1.79. The molecule has 1 amide bonds. The van der Waals surface area contributed by atoms with Gasteiger partial charge in [-0.1, -0.05) is 18.2 Å². The molecule has 0 aliphatic carbocycles. The highest BCUT2D eigenvalue weighted by Gasteiger charge is 2.25. The third kappa shape index (κ3) is 3.99. The molecule has 1 saturated heterocycles. The van der Waals surface area contributed by atoms with Crippen LogP contribution in [0.4, 0.5) is 0 Å². The summed E-state index contributed by atoms with van der Waals surface area (Å²) in [5, 5.41) is 0. The molecule has 5 nitrogen and oxygen atoms in total. The van der Waals surface area contributed by atoms with E-state index in [-0.39, 0.29) is 12.0 Å². The van der Waals surface area contributed by atoms with Crippen LogP contribution in [0.2, 0.25) is 0 Å². The lowest BCUT2D eigenvalue weighted by Crippen LogP contribution is -2.36. The molecule has 24 heavy (non-hydrogen) atoms. The standard InChI is InChI=1S/C18H20BrNO4/c1-22-16-7-3-2-5-13(16)10-20(11-15-6-4-8-23-15)18(21)14-9-17(19)24-12-14/h2-3,5,7,9,12,15H,4,6,8,10-11H2,1H3. The smallest absolute Gasteiger partial charge is 0.257 e. The molecular formula is C18H20BrNO4. The molecule has 1 unspecified atom stereocenters. The van der Waals surface area contributed by atoms with E-state index < -0.39 is 0 Å². The summed E-state index contributed by atoms with van der Waals surface area (Å²) >= 11 is 3.25. The summed E-state index contributed by atoms with van der Waals surface area (Å²) in [6.07, 6.45) is 3.57. The number of nitrogens with zero attached hydrogens (tertiary/aromatic N) is 1. The van der Waals surface area contributed by atoms with Crippen molar-refractivity contribution < 1.29 is 18.7 Å². The van der Waals surface area contributed by atoms with Crippen molar-refractivity contribution in [2.75, 3.05) is 20.3 Å². The van der Waals surface area contributed by atoms with Crippen molar-refractivity contribution in [1.29, 1.82) is 0 Å². The summed E-state index contributed by atoms with van der Waals surface area (Å²) in [6.45, 7) is 1.78. The van der Waals surface area contributed by atoms with Gasteiger partial charge in [-0.05, 0) is 34.8 Å². The lowest BCUT2D eigenvalue weighted by atomic mass is 10.1. The molecule has 3 rings (SSSR count). The Bertz CT molecular complexity index is 694. The number of amides is 1. The second kappa shape index (κ2) is 7.85. The van der Waals surface area contributed by atoms with Gasteiger partial charge in [0.05, 0.1) is 18.8 Å². The Morgan fingerprint density at radius 2 is 2.25 bits per heavy atom. The van der Waals surface area contributed by atoms with Gasteiger partial charge in [0, 0.05) is 31.3 Å². The van der Waals surface area contributed by atoms with E-state index in [1.165, 1.54) is 6.26 Å². The first-order valence-electron chi connectivity index (χ1n) is 7.94. The number of furan rings is 1. The number of rotatable bonds is 6. The van der Waals surface area contributed by atoms with Crippen LogP contribution in [0.5, 0.6) is 5.75 Å². The first-order valence-corrected chi connectivity index (χ1v) is 8.73. The Kier molecular flexibility index (Phi) is 5.58. The van der Waals surface area contributed by atoms with Crippen LogP contribution >= 0.6 is 15.9 Å². The monoisotopic (exact) mass is 393 g/mol. The Labute approximate surface area is 149 Å². The largest absolute Gasteiger partial charge is 0.496 e. The van der Waals surface area contributed by atoms with Gasteiger partial charge in [0.2, 0.25) is 0 Å². The van der Waals surface area contributed by atoms with Gasteiger partial charge >= 0.3 is 0 Å². The van der Waals surface area contributed by atoms with Crippen LogP contribution in [-0.4, -0.2) is 37.2 Å². The lowest BCUT2D eigenvalue weighted by Gasteiger charge is -2.26. The molecule has 0 N–H and O–H groups in total. The van der Waals surface area contributed by atoms with Crippen molar-refractivity contribution in [3.05, 3.63) is 52.4 Å². The fraction of sp³-hybridized carbons (Fsp3) is 0.389. The fourth-order valence-electron chi connectivity index (χ4n) is 2.90. The van der Waals surface area contributed by atoms with Crippen LogP contribution in [0.15, 0.2) is 45.7 Å². The number of carbonyl (C=O) groups excluding carboxylic acids is 1. The van der Waals surface area contributed by atoms with Gasteiger partial charge in [0.25, 0.3) is 5.91 Å². The van der Waals surface area contributed by atoms with E-state index in [1.807, 2.05) is 24.3 Å². The minimum absolute atomic E-state index is 0.0779. The molecule has 1 atom stereocenters. The zero-order chi connectivity index (χ0) is 16.9. The quantitative estimate of drug-likeness (QED) is 0.747. The van der Waals surface area contributed by atoms with Gasteiger partial charge in [0.1, 0.15) is 12.0 Å². The Balaban J connectivity index is 1.82. The first-order chi connectivity index (χ1) is 11.7. The van der Waals surface area contributed by atoms with E-state index in [9.17, 15) is 4.79 Å². The van der Waals surface area contributed by atoms with Crippen molar-refractivity contribution >= 4 is 21.8 Å². The summed E-state index contributed by atoms with van der Waals surface area (Å²) < 4.78 is 16.9. The van der Waals surface area contributed by atoms with E-state index in [4.69, 9.17) is 13.9 Å².